The molecule has 0 aliphatic carbocycles. The fourth-order valence-electron chi connectivity index (χ4n) is 7.48. The van der Waals surface area contributed by atoms with Gasteiger partial charge in [-0.15, -0.1) is 0 Å². The zero-order chi connectivity index (χ0) is 29.1. The van der Waals surface area contributed by atoms with E-state index in [0.717, 1.165) is 21.9 Å². The zero-order valence-corrected chi connectivity index (χ0v) is 25.1. The van der Waals surface area contributed by atoms with Crippen LogP contribution in [0.15, 0.2) is 174 Å². The molecule has 1 aromatic heterocycles. The first kappa shape index (κ1) is 25.1. The molecule has 0 radical (unpaired) electrons. The highest BCUT2D eigenvalue weighted by Gasteiger charge is 2.46. The van der Waals surface area contributed by atoms with Crippen LogP contribution >= 0.6 is 0 Å². The van der Waals surface area contributed by atoms with Crippen molar-refractivity contribution < 1.29 is 4.42 Å². The number of hydrogen-bond acceptors (Lipinski definition) is 1. The summed E-state index contributed by atoms with van der Waals surface area (Å²) in [5, 5.41) is 7.95. The molecule has 206 valence electrons. The first-order valence-electron chi connectivity index (χ1n) is 15.2. The second-order valence-electron chi connectivity index (χ2n) is 11.6. The van der Waals surface area contributed by atoms with E-state index in [1.807, 2.05) is 12.1 Å². The van der Waals surface area contributed by atoms with Gasteiger partial charge in [-0.1, -0.05) is 152 Å². The van der Waals surface area contributed by atoms with Crippen molar-refractivity contribution in [2.45, 2.75) is 0 Å². The quantitative estimate of drug-likeness (QED) is 0.193. The Labute approximate surface area is 257 Å². The van der Waals surface area contributed by atoms with Gasteiger partial charge >= 0.3 is 0 Å². The van der Waals surface area contributed by atoms with Crippen LogP contribution in [0.4, 0.5) is 0 Å². The Morgan fingerprint density at radius 2 is 0.841 bits per heavy atom. The van der Waals surface area contributed by atoms with E-state index in [-0.39, 0.29) is 0 Å². The summed E-state index contributed by atoms with van der Waals surface area (Å²) < 4.78 is 6.11. The lowest BCUT2D eigenvalue weighted by atomic mass is 9.95. The van der Waals surface area contributed by atoms with Crippen molar-refractivity contribution in [1.29, 1.82) is 0 Å². The molecular weight excluding hydrogens is 549 g/mol. The summed E-state index contributed by atoms with van der Waals surface area (Å²) in [5.74, 6) is 0. The van der Waals surface area contributed by atoms with E-state index in [9.17, 15) is 0 Å². The van der Waals surface area contributed by atoms with Gasteiger partial charge in [-0.2, -0.15) is 0 Å². The Bertz CT molecular complexity index is 2260. The molecule has 0 spiro atoms. The normalized spacial score (nSPS) is 13.2. The van der Waals surface area contributed by atoms with Gasteiger partial charge in [0, 0.05) is 10.8 Å². The summed E-state index contributed by atoms with van der Waals surface area (Å²) >= 11 is 0. The number of fused-ring (bicyclic) bond motifs is 8. The summed E-state index contributed by atoms with van der Waals surface area (Å²) in [6.45, 7) is 0. The van der Waals surface area contributed by atoms with Crippen LogP contribution in [0.2, 0.25) is 0 Å². The van der Waals surface area contributed by atoms with Crippen molar-refractivity contribution in [1.82, 2.24) is 0 Å². The van der Waals surface area contributed by atoms with Crippen LogP contribution < -0.4 is 20.7 Å². The maximum atomic E-state index is 6.11. The van der Waals surface area contributed by atoms with Gasteiger partial charge in [0.25, 0.3) is 0 Å². The van der Waals surface area contributed by atoms with E-state index in [1.54, 1.807) is 0 Å². The van der Waals surface area contributed by atoms with Gasteiger partial charge < -0.3 is 4.42 Å². The van der Waals surface area contributed by atoms with Crippen LogP contribution in [-0.4, -0.2) is 8.07 Å². The molecule has 0 amide bonds. The summed E-state index contributed by atoms with van der Waals surface area (Å²) in [7, 11) is -2.73. The highest BCUT2D eigenvalue weighted by atomic mass is 28.3. The third-order valence-corrected chi connectivity index (χ3v) is 14.3. The molecule has 2 heterocycles. The first-order valence-corrected chi connectivity index (χ1v) is 17.2. The van der Waals surface area contributed by atoms with Crippen LogP contribution in [0.25, 0.3) is 55.3 Å². The van der Waals surface area contributed by atoms with E-state index in [2.05, 4.69) is 158 Å². The second-order valence-corrected chi connectivity index (χ2v) is 15.4. The molecule has 1 nitrogen and oxygen atoms in total. The van der Waals surface area contributed by atoms with E-state index in [0.29, 0.717) is 0 Å². The van der Waals surface area contributed by atoms with Gasteiger partial charge in [-0.25, -0.2) is 0 Å². The van der Waals surface area contributed by atoms with Crippen LogP contribution in [0, 0.1) is 0 Å². The fourth-order valence-corrected chi connectivity index (χ4v) is 12.6. The van der Waals surface area contributed by atoms with Crippen LogP contribution in [-0.2, 0) is 0 Å². The molecule has 0 saturated carbocycles. The molecule has 0 fully saturated rings. The summed E-state index contributed by atoms with van der Waals surface area (Å²) in [6.07, 6.45) is 0. The average molecular weight is 577 g/mol. The summed E-state index contributed by atoms with van der Waals surface area (Å²) in [6, 6.07) is 62.7. The van der Waals surface area contributed by atoms with E-state index in [4.69, 9.17) is 4.42 Å². The van der Waals surface area contributed by atoms with Gasteiger partial charge in [0.2, 0.25) is 0 Å². The highest BCUT2D eigenvalue weighted by molar-refractivity contribution is 7.21. The maximum Gasteiger partial charge on any atom is 0.180 e. The Kier molecular flexibility index (Phi) is 5.59. The maximum absolute atomic E-state index is 6.11. The number of furan rings is 1. The van der Waals surface area contributed by atoms with Gasteiger partial charge in [-0.05, 0) is 72.3 Å². The number of hydrogen-bond donors (Lipinski definition) is 0. The van der Waals surface area contributed by atoms with E-state index >= 15 is 0 Å². The molecule has 8 aromatic rings. The first-order chi connectivity index (χ1) is 21.8. The van der Waals surface area contributed by atoms with Crippen molar-refractivity contribution in [2.24, 2.45) is 0 Å². The Hall–Kier alpha value is -5.44. The van der Waals surface area contributed by atoms with Crippen LogP contribution in [0.3, 0.4) is 0 Å². The standard InChI is InChI=1S/C42H28OSi/c1-2-12-31(13-3-1)44(41-20-10-7-17-36(41)33-14-4-5-15-34(33)37-18-8-11-21-42(37)44)32-25-22-29(23-26-32)30-24-27-40-38(28-30)35-16-6-9-19-39(35)43-40/h1-28H. The van der Waals surface area contributed by atoms with Gasteiger partial charge in [0.05, 0.1) is 0 Å². The minimum Gasteiger partial charge on any atom is -0.456 e. The fraction of sp³-hybridized carbons (Fsp3) is 0. The predicted molar refractivity (Wildman–Crippen MR) is 187 cm³/mol. The molecule has 0 bridgehead atoms. The predicted octanol–water partition coefficient (Wildman–Crippen LogP) is 8.28. The molecule has 0 unspecified atom stereocenters. The smallest absolute Gasteiger partial charge is 0.180 e. The molecule has 0 N–H and O–H groups in total. The topological polar surface area (TPSA) is 13.1 Å². The Morgan fingerprint density at radius 3 is 1.52 bits per heavy atom. The molecule has 0 saturated heterocycles. The van der Waals surface area contributed by atoms with Crippen molar-refractivity contribution in [3.05, 3.63) is 170 Å². The molecule has 2 heteroatoms. The van der Waals surface area contributed by atoms with Crippen LogP contribution in [0.5, 0.6) is 0 Å². The molecule has 9 rings (SSSR count). The molecule has 7 aromatic carbocycles. The van der Waals surface area contributed by atoms with Crippen molar-refractivity contribution in [2.75, 3.05) is 0 Å². The number of benzene rings is 7. The molecule has 1 aliphatic rings. The number of rotatable bonds is 3. The average Bonchev–Trinajstić information content (AvgIpc) is 3.43. The van der Waals surface area contributed by atoms with Crippen molar-refractivity contribution >= 4 is 50.8 Å². The lowest BCUT2D eigenvalue weighted by Gasteiger charge is -2.35. The van der Waals surface area contributed by atoms with Crippen molar-refractivity contribution in [3.8, 4) is 33.4 Å². The monoisotopic (exact) mass is 576 g/mol. The summed E-state index contributed by atoms with van der Waals surface area (Å²) in [4.78, 5) is 0. The third-order valence-electron chi connectivity index (χ3n) is 9.40. The van der Waals surface area contributed by atoms with E-state index < -0.39 is 8.07 Å². The second kappa shape index (κ2) is 9.80. The lowest BCUT2D eigenvalue weighted by Crippen LogP contribution is -2.75. The lowest BCUT2D eigenvalue weighted by molar-refractivity contribution is 0.669. The van der Waals surface area contributed by atoms with Crippen LogP contribution in [0.1, 0.15) is 0 Å². The molecule has 0 atom stereocenters. The van der Waals surface area contributed by atoms with E-state index in [1.165, 1.54) is 54.1 Å². The number of para-hydroxylation sites is 1. The minimum absolute atomic E-state index is 0.924. The molecule has 44 heavy (non-hydrogen) atoms. The third kappa shape index (κ3) is 3.58. The van der Waals surface area contributed by atoms with Gasteiger partial charge in [0.1, 0.15) is 11.2 Å². The SMILES string of the molecule is c1ccc([Si]2(c3ccc(-c4ccc5oc6ccccc6c5c4)cc3)c3ccccc3-c3ccccc3-c3ccccc32)cc1. The highest BCUT2D eigenvalue weighted by Crippen LogP contribution is 2.36. The molecular formula is C42H28OSi. The summed E-state index contributed by atoms with van der Waals surface area (Å²) in [5.41, 5.74) is 9.52. The van der Waals surface area contributed by atoms with Gasteiger partial charge in [-0.3, -0.25) is 0 Å². The Morgan fingerprint density at radius 1 is 0.341 bits per heavy atom. The molecule has 1 aliphatic heterocycles. The zero-order valence-electron chi connectivity index (χ0n) is 24.1. The minimum atomic E-state index is -2.73. The van der Waals surface area contributed by atoms with Gasteiger partial charge in [0.15, 0.2) is 8.07 Å². The largest absolute Gasteiger partial charge is 0.456 e. The Balaban J connectivity index is 1.31. The van der Waals surface area contributed by atoms with Crippen molar-refractivity contribution in [3.63, 3.8) is 0 Å².